The maximum Gasteiger partial charge on any atom is 0.335 e. The lowest BCUT2D eigenvalue weighted by Crippen LogP contribution is -2.54. The fraction of sp³-hybridized carbons (Fsp3) is 0.233. The van der Waals surface area contributed by atoms with Crippen molar-refractivity contribution in [2.45, 2.75) is 33.1 Å². The molecule has 1 heterocycles. The Balaban J connectivity index is 1.49. The molecule has 0 bridgehead atoms. The first-order valence-corrected chi connectivity index (χ1v) is 12.8. The number of barbiturate groups is 1. The van der Waals surface area contributed by atoms with Crippen LogP contribution in [-0.2, 0) is 9.59 Å². The van der Waals surface area contributed by atoms with Crippen molar-refractivity contribution in [3.63, 3.8) is 0 Å². The number of carbonyl (C=O) groups excluding carboxylic acids is 3. The number of hydrogen-bond acceptors (Lipinski definition) is 5. The van der Waals surface area contributed by atoms with E-state index in [9.17, 15) is 14.4 Å². The lowest BCUT2D eigenvalue weighted by atomic mass is 9.99. The molecular weight excluding hydrogens is 504 g/mol. The minimum Gasteiger partial charge on any atom is -0.490 e. The quantitative estimate of drug-likeness (QED) is 0.199. The zero-order chi connectivity index (χ0) is 27.2. The van der Waals surface area contributed by atoms with Crippen LogP contribution in [0.2, 0.25) is 5.02 Å². The number of amides is 4. The zero-order valence-corrected chi connectivity index (χ0v) is 22.2. The predicted molar refractivity (Wildman–Crippen MR) is 148 cm³/mol. The van der Waals surface area contributed by atoms with Crippen LogP contribution in [0.25, 0.3) is 6.08 Å². The highest BCUT2D eigenvalue weighted by molar-refractivity contribution is 6.39. The summed E-state index contributed by atoms with van der Waals surface area (Å²) in [5.74, 6) is 0.116. The van der Waals surface area contributed by atoms with Gasteiger partial charge in [0.15, 0.2) is 0 Å². The molecule has 0 radical (unpaired) electrons. The molecule has 8 heteroatoms. The average molecular weight is 533 g/mol. The third-order valence-electron chi connectivity index (χ3n) is 6.30. The third kappa shape index (κ3) is 6.23. The minimum atomic E-state index is -0.806. The van der Waals surface area contributed by atoms with Crippen LogP contribution in [0.1, 0.15) is 42.9 Å². The molecule has 0 aromatic heterocycles. The van der Waals surface area contributed by atoms with Crippen molar-refractivity contribution >= 4 is 41.2 Å². The molecule has 4 amide bonds. The second kappa shape index (κ2) is 12.0. The Bertz CT molecular complexity index is 1380. The monoisotopic (exact) mass is 532 g/mol. The molecule has 1 aliphatic heterocycles. The van der Waals surface area contributed by atoms with Crippen molar-refractivity contribution < 1.29 is 23.9 Å². The highest BCUT2D eigenvalue weighted by Crippen LogP contribution is 2.28. The van der Waals surface area contributed by atoms with Crippen LogP contribution in [0.3, 0.4) is 0 Å². The van der Waals surface area contributed by atoms with Gasteiger partial charge >= 0.3 is 6.03 Å². The number of nitrogens with zero attached hydrogens (tertiary/aromatic N) is 1. The van der Waals surface area contributed by atoms with Gasteiger partial charge in [0.2, 0.25) is 0 Å². The van der Waals surface area contributed by atoms with E-state index in [2.05, 4.69) is 31.3 Å². The molecule has 0 spiro atoms. The Labute approximate surface area is 227 Å². The van der Waals surface area contributed by atoms with E-state index in [-0.39, 0.29) is 18.8 Å². The fourth-order valence-electron chi connectivity index (χ4n) is 4.02. The largest absolute Gasteiger partial charge is 0.490 e. The molecule has 4 rings (SSSR count). The Morgan fingerprint density at radius 3 is 2.42 bits per heavy atom. The summed E-state index contributed by atoms with van der Waals surface area (Å²) in [6, 6.07) is 19.0. The Kier molecular flexibility index (Phi) is 8.48. The Morgan fingerprint density at radius 2 is 1.71 bits per heavy atom. The van der Waals surface area contributed by atoms with Crippen LogP contribution in [0.4, 0.5) is 10.5 Å². The molecule has 1 unspecified atom stereocenters. The summed E-state index contributed by atoms with van der Waals surface area (Å²) in [4.78, 5) is 39.3. The van der Waals surface area contributed by atoms with Crippen molar-refractivity contribution in [1.29, 1.82) is 0 Å². The highest BCUT2D eigenvalue weighted by Gasteiger charge is 2.37. The van der Waals surface area contributed by atoms with Gasteiger partial charge in [0.1, 0.15) is 30.3 Å². The van der Waals surface area contributed by atoms with E-state index in [1.54, 1.807) is 36.4 Å². The lowest BCUT2D eigenvalue weighted by Gasteiger charge is -2.26. The van der Waals surface area contributed by atoms with Crippen LogP contribution < -0.4 is 19.7 Å². The first-order chi connectivity index (χ1) is 18.3. The van der Waals surface area contributed by atoms with E-state index < -0.39 is 17.8 Å². The molecule has 7 nitrogen and oxygen atoms in total. The predicted octanol–water partition coefficient (Wildman–Crippen LogP) is 6.29. The molecule has 0 aliphatic carbocycles. The van der Waals surface area contributed by atoms with Crippen LogP contribution in [0.5, 0.6) is 11.5 Å². The summed E-state index contributed by atoms with van der Waals surface area (Å²) in [6.07, 6.45) is 2.45. The van der Waals surface area contributed by atoms with Gasteiger partial charge in [0, 0.05) is 10.6 Å². The fourth-order valence-corrected chi connectivity index (χ4v) is 4.20. The number of rotatable bonds is 9. The van der Waals surface area contributed by atoms with E-state index >= 15 is 0 Å². The van der Waals surface area contributed by atoms with Crippen molar-refractivity contribution in [2.75, 3.05) is 18.1 Å². The SMILES string of the molecule is CCC(C)c1ccc(OCCOc2ccc(Cl)cc2/C=C2\C(=O)NC(=O)N(c3cccc(C)c3)C2=O)cc1. The second-order valence-electron chi connectivity index (χ2n) is 9.05. The lowest BCUT2D eigenvalue weighted by molar-refractivity contribution is -0.122. The second-order valence-corrected chi connectivity index (χ2v) is 9.49. The first-order valence-electron chi connectivity index (χ1n) is 12.4. The summed E-state index contributed by atoms with van der Waals surface area (Å²) >= 11 is 6.20. The topological polar surface area (TPSA) is 84.9 Å². The first kappa shape index (κ1) is 26.9. The maximum atomic E-state index is 13.2. The van der Waals surface area contributed by atoms with Crippen LogP contribution >= 0.6 is 11.6 Å². The molecular formula is C30H29ClN2O5. The Hall–Kier alpha value is -4.10. The van der Waals surface area contributed by atoms with Gasteiger partial charge in [0.25, 0.3) is 11.8 Å². The summed E-state index contributed by atoms with van der Waals surface area (Å²) in [7, 11) is 0. The molecule has 3 aromatic rings. The molecule has 38 heavy (non-hydrogen) atoms. The highest BCUT2D eigenvalue weighted by atomic mass is 35.5. The molecule has 3 aromatic carbocycles. The van der Waals surface area contributed by atoms with Crippen molar-refractivity contribution in [2.24, 2.45) is 0 Å². The molecule has 1 N–H and O–H groups in total. The van der Waals surface area contributed by atoms with Gasteiger partial charge < -0.3 is 9.47 Å². The molecule has 1 atom stereocenters. The summed E-state index contributed by atoms with van der Waals surface area (Å²) in [5.41, 5.74) is 2.70. The van der Waals surface area contributed by atoms with Crippen LogP contribution in [0.15, 0.2) is 72.3 Å². The van der Waals surface area contributed by atoms with E-state index in [0.29, 0.717) is 27.9 Å². The number of ether oxygens (including phenoxy) is 2. The van der Waals surface area contributed by atoms with Gasteiger partial charge in [-0.15, -0.1) is 0 Å². The molecule has 196 valence electrons. The molecule has 1 saturated heterocycles. The maximum absolute atomic E-state index is 13.2. The van der Waals surface area contributed by atoms with Crippen LogP contribution in [-0.4, -0.2) is 31.1 Å². The number of imide groups is 2. The molecule has 0 saturated carbocycles. The van der Waals surface area contributed by atoms with E-state index in [1.165, 1.54) is 11.6 Å². The van der Waals surface area contributed by atoms with Gasteiger partial charge in [-0.25, -0.2) is 9.69 Å². The number of urea groups is 1. The number of anilines is 1. The standard InChI is InChI=1S/C30H29ClN2O5/c1-4-20(3)21-8-11-25(12-9-21)37-14-15-38-27-13-10-23(31)17-22(27)18-26-28(34)32-30(36)33(29(26)35)24-7-5-6-19(2)16-24/h5-13,16-18,20H,4,14-15H2,1-3H3,(H,32,34,36)/b26-18+. The Morgan fingerprint density at radius 1 is 0.974 bits per heavy atom. The van der Waals surface area contributed by atoms with E-state index in [0.717, 1.165) is 22.6 Å². The third-order valence-corrected chi connectivity index (χ3v) is 6.54. The van der Waals surface area contributed by atoms with Gasteiger partial charge in [-0.2, -0.15) is 0 Å². The number of benzene rings is 3. The van der Waals surface area contributed by atoms with Gasteiger partial charge in [0.05, 0.1) is 5.69 Å². The van der Waals surface area contributed by atoms with Crippen LogP contribution in [0, 0.1) is 6.92 Å². The normalized spacial score (nSPS) is 15.4. The smallest absolute Gasteiger partial charge is 0.335 e. The summed E-state index contributed by atoms with van der Waals surface area (Å²) in [6.45, 7) is 6.70. The minimum absolute atomic E-state index is 0.212. The number of carbonyl (C=O) groups is 3. The molecule has 1 fully saturated rings. The summed E-state index contributed by atoms with van der Waals surface area (Å²) in [5, 5.41) is 2.63. The molecule has 1 aliphatic rings. The number of aryl methyl sites for hydroxylation is 1. The van der Waals surface area contributed by atoms with Gasteiger partial charge in [-0.05, 0) is 78.9 Å². The van der Waals surface area contributed by atoms with Gasteiger partial charge in [-0.3, -0.25) is 14.9 Å². The zero-order valence-electron chi connectivity index (χ0n) is 21.5. The number of nitrogens with one attached hydrogen (secondary N) is 1. The van der Waals surface area contributed by atoms with Gasteiger partial charge in [-0.1, -0.05) is 49.7 Å². The average Bonchev–Trinajstić information content (AvgIpc) is 2.90. The summed E-state index contributed by atoms with van der Waals surface area (Å²) < 4.78 is 11.7. The van der Waals surface area contributed by atoms with Crippen molar-refractivity contribution in [3.8, 4) is 11.5 Å². The van der Waals surface area contributed by atoms with E-state index in [4.69, 9.17) is 21.1 Å². The number of halogens is 1. The number of hydrogen-bond donors (Lipinski definition) is 1. The van der Waals surface area contributed by atoms with Crippen molar-refractivity contribution in [1.82, 2.24) is 5.32 Å². The van der Waals surface area contributed by atoms with E-state index in [1.807, 2.05) is 25.1 Å². The van der Waals surface area contributed by atoms with Crippen molar-refractivity contribution in [3.05, 3.63) is 94.0 Å².